The summed E-state index contributed by atoms with van der Waals surface area (Å²) in [5, 5.41) is 14.4. The molecule has 1 fully saturated rings. The molecule has 4 heterocycles. The van der Waals surface area contributed by atoms with Gasteiger partial charge in [0.1, 0.15) is 16.2 Å². The molecule has 9 heteroatoms. The van der Waals surface area contributed by atoms with Gasteiger partial charge in [-0.05, 0) is 13.8 Å². The maximum atomic E-state index is 9.91. The summed E-state index contributed by atoms with van der Waals surface area (Å²) in [4.78, 5) is 14.9. The number of morpholine rings is 1. The highest BCUT2D eigenvalue weighted by Crippen LogP contribution is 2.39. The molecule has 2 unspecified atom stereocenters. The number of aliphatic hydroxyl groups is 1. The maximum absolute atomic E-state index is 9.91. The number of rotatable bonds is 3. The Kier molecular flexibility index (Phi) is 4.47. The number of aromatic nitrogens is 4. The maximum Gasteiger partial charge on any atom is 0.206 e. The van der Waals surface area contributed by atoms with E-state index >= 15 is 0 Å². The van der Waals surface area contributed by atoms with Crippen LogP contribution in [-0.2, 0) is 11.3 Å². The molecule has 0 radical (unpaired) electrons. The first-order valence-electron chi connectivity index (χ1n) is 8.34. The van der Waals surface area contributed by atoms with E-state index in [1.807, 2.05) is 13.8 Å². The first-order valence-corrected chi connectivity index (χ1v) is 8.71. The van der Waals surface area contributed by atoms with Crippen molar-refractivity contribution in [2.24, 2.45) is 0 Å². The number of pyridine rings is 1. The van der Waals surface area contributed by atoms with Crippen molar-refractivity contribution >= 4 is 28.4 Å². The van der Waals surface area contributed by atoms with Crippen LogP contribution < -0.4 is 4.90 Å². The molecule has 136 valence electrons. The third kappa shape index (κ3) is 2.90. The summed E-state index contributed by atoms with van der Waals surface area (Å²) >= 11 is 6.65. The molecular formula is C17H18ClN5O3. The van der Waals surface area contributed by atoms with E-state index in [9.17, 15) is 5.11 Å². The van der Waals surface area contributed by atoms with Gasteiger partial charge in [-0.2, -0.15) is 0 Å². The molecule has 0 aromatic carbocycles. The van der Waals surface area contributed by atoms with Crippen LogP contribution in [0.4, 0.5) is 5.69 Å². The van der Waals surface area contributed by atoms with Crippen molar-refractivity contribution in [3.8, 4) is 11.4 Å². The predicted octanol–water partition coefficient (Wildman–Crippen LogP) is 2.44. The van der Waals surface area contributed by atoms with Gasteiger partial charge in [-0.25, -0.2) is 4.98 Å². The minimum atomic E-state index is -0.254. The third-order valence-electron chi connectivity index (χ3n) is 4.29. The number of halogens is 1. The van der Waals surface area contributed by atoms with E-state index in [1.54, 1.807) is 18.6 Å². The van der Waals surface area contributed by atoms with Crippen LogP contribution in [0.15, 0.2) is 23.1 Å². The summed E-state index contributed by atoms with van der Waals surface area (Å²) in [6, 6.07) is 0. The summed E-state index contributed by atoms with van der Waals surface area (Å²) in [5.74, 6) is 0. The summed E-state index contributed by atoms with van der Waals surface area (Å²) < 4.78 is 11.2. The van der Waals surface area contributed by atoms with Crippen molar-refractivity contribution in [3.63, 3.8) is 0 Å². The Bertz CT molecular complexity index is 923. The number of hydrogen-bond donors (Lipinski definition) is 1. The van der Waals surface area contributed by atoms with Crippen molar-refractivity contribution < 1.29 is 14.4 Å². The molecule has 1 N–H and O–H groups in total. The van der Waals surface area contributed by atoms with E-state index in [-0.39, 0.29) is 18.8 Å². The van der Waals surface area contributed by atoms with Gasteiger partial charge in [0.2, 0.25) is 5.58 Å². The van der Waals surface area contributed by atoms with Crippen molar-refractivity contribution in [1.82, 2.24) is 20.1 Å². The topological polar surface area (TPSA) is 97.4 Å². The Morgan fingerprint density at radius 3 is 2.69 bits per heavy atom. The smallest absolute Gasteiger partial charge is 0.206 e. The number of fused-ring (bicyclic) bond motifs is 1. The Labute approximate surface area is 154 Å². The van der Waals surface area contributed by atoms with Crippen LogP contribution in [0, 0.1) is 0 Å². The molecule has 3 aromatic heterocycles. The Hall–Kier alpha value is -2.29. The monoisotopic (exact) mass is 375 g/mol. The van der Waals surface area contributed by atoms with E-state index in [4.69, 9.17) is 20.9 Å². The van der Waals surface area contributed by atoms with Gasteiger partial charge in [0, 0.05) is 25.5 Å². The van der Waals surface area contributed by atoms with Gasteiger partial charge in [-0.3, -0.25) is 9.97 Å². The summed E-state index contributed by atoms with van der Waals surface area (Å²) in [5.41, 5.74) is 2.92. The van der Waals surface area contributed by atoms with Crippen LogP contribution in [0.25, 0.3) is 22.5 Å². The molecular weight excluding hydrogens is 358 g/mol. The number of anilines is 1. The quantitative estimate of drug-likeness (QED) is 0.745. The fraction of sp³-hybridized carbons (Fsp3) is 0.412. The highest BCUT2D eigenvalue weighted by molar-refractivity contribution is 6.37. The van der Waals surface area contributed by atoms with Gasteiger partial charge in [-0.1, -0.05) is 16.8 Å². The Morgan fingerprint density at radius 1 is 1.27 bits per heavy atom. The molecule has 1 aliphatic rings. The fourth-order valence-corrected chi connectivity index (χ4v) is 3.69. The summed E-state index contributed by atoms with van der Waals surface area (Å²) in [6.45, 7) is 5.05. The predicted molar refractivity (Wildman–Crippen MR) is 96.0 cm³/mol. The highest BCUT2D eigenvalue weighted by atomic mass is 35.5. The Morgan fingerprint density at radius 2 is 2.04 bits per heavy atom. The molecule has 0 saturated carbocycles. The highest BCUT2D eigenvalue weighted by Gasteiger charge is 2.29. The molecule has 1 aliphatic heterocycles. The summed E-state index contributed by atoms with van der Waals surface area (Å²) in [6.07, 6.45) is 4.80. The zero-order valence-corrected chi connectivity index (χ0v) is 15.1. The molecule has 2 atom stereocenters. The lowest BCUT2D eigenvalue weighted by molar-refractivity contribution is -0.00533. The number of nitrogens with zero attached hydrogens (tertiary/aromatic N) is 5. The van der Waals surface area contributed by atoms with Crippen molar-refractivity contribution in [3.05, 3.63) is 29.3 Å². The number of hydrogen-bond acceptors (Lipinski definition) is 8. The molecule has 0 spiro atoms. The van der Waals surface area contributed by atoms with Gasteiger partial charge in [0.15, 0.2) is 5.69 Å². The molecule has 3 aromatic rings. The lowest BCUT2D eigenvalue weighted by Gasteiger charge is -2.37. The van der Waals surface area contributed by atoms with Crippen LogP contribution in [0.2, 0.25) is 5.02 Å². The summed E-state index contributed by atoms with van der Waals surface area (Å²) in [7, 11) is 0. The van der Waals surface area contributed by atoms with Crippen LogP contribution in [0.5, 0.6) is 0 Å². The first-order chi connectivity index (χ1) is 12.6. The molecule has 4 rings (SSSR count). The van der Waals surface area contributed by atoms with Gasteiger partial charge in [0.05, 0.1) is 36.4 Å². The number of ether oxygens (including phenoxy) is 1. The Balaban J connectivity index is 1.86. The van der Waals surface area contributed by atoms with Crippen molar-refractivity contribution in [2.75, 3.05) is 18.0 Å². The second-order valence-electron chi connectivity index (χ2n) is 6.34. The van der Waals surface area contributed by atoms with Crippen LogP contribution >= 0.6 is 11.6 Å². The number of aliphatic hydroxyl groups excluding tert-OH is 1. The SMILES string of the molecule is CC1CN(c2c(CO)nc3c(-c4cnccn4)noc3c2Cl)CC(C)O1. The molecule has 0 bridgehead atoms. The molecule has 0 amide bonds. The van der Waals surface area contributed by atoms with E-state index in [2.05, 4.69) is 25.0 Å². The third-order valence-corrected chi connectivity index (χ3v) is 4.64. The minimum Gasteiger partial charge on any atom is -0.390 e. The van der Waals surface area contributed by atoms with E-state index in [0.29, 0.717) is 52.0 Å². The van der Waals surface area contributed by atoms with E-state index in [1.165, 1.54) is 0 Å². The van der Waals surface area contributed by atoms with Crippen molar-refractivity contribution in [2.45, 2.75) is 32.7 Å². The van der Waals surface area contributed by atoms with E-state index < -0.39 is 0 Å². The molecule has 26 heavy (non-hydrogen) atoms. The van der Waals surface area contributed by atoms with E-state index in [0.717, 1.165) is 0 Å². The minimum absolute atomic E-state index is 0.0435. The van der Waals surface area contributed by atoms with Crippen LogP contribution in [0.3, 0.4) is 0 Å². The molecule has 0 aliphatic carbocycles. The van der Waals surface area contributed by atoms with Crippen LogP contribution in [0.1, 0.15) is 19.5 Å². The van der Waals surface area contributed by atoms with Gasteiger partial charge in [0.25, 0.3) is 0 Å². The van der Waals surface area contributed by atoms with Gasteiger partial charge >= 0.3 is 0 Å². The molecule has 1 saturated heterocycles. The average molecular weight is 376 g/mol. The van der Waals surface area contributed by atoms with Crippen molar-refractivity contribution in [1.29, 1.82) is 0 Å². The normalized spacial score (nSPS) is 20.7. The average Bonchev–Trinajstić information content (AvgIpc) is 3.05. The lowest BCUT2D eigenvalue weighted by Crippen LogP contribution is -2.46. The van der Waals surface area contributed by atoms with Gasteiger partial charge < -0.3 is 19.3 Å². The van der Waals surface area contributed by atoms with Gasteiger partial charge in [-0.15, -0.1) is 0 Å². The zero-order chi connectivity index (χ0) is 18.3. The second kappa shape index (κ2) is 6.79. The second-order valence-corrected chi connectivity index (χ2v) is 6.72. The van der Waals surface area contributed by atoms with Crippen LogP contribution in [-0.4, -0.2) is 50.5 Å². The lowest BCUT2D eigenvalue weighted by atomic mass is 10.1. The largest absolute Gasteiger partial charge is 0.390 e. The standard InChI is InChI=1S/C17H18ClN5O3/c1-9-6-23(7-10(2)25-9)16-12(8-24)21-15-14(11-5-19-3-4-20-11)22-26-17(15)13(16)18/h3-5,9-10,24H,6-8H2,1-2H3. The zero-order valence-electron chi connectivity index (χ0n) is 14.4. The molecule has 8 nitrogen and oxygen atoms in total. The first kappa shape index (κ1) is 17.1. The fourth-order valence-electron chi connectivity index (χ4n) is 3.34.